The van der Waals surface area contributed by atoms with Crippen LogP contribution in [-0.4, -0.2) is 64.3 Å². The van der Waals surface area contributed by atoms with Gasteiger partial charge >= 0.3 is 6.36 Å². The summed E-state index contributed by atoms with van der Waals surface area (Å²) in [7, 11) is 0. The maximum Gasteiger partial charge on any atom is 0.573 e. The molecular formula is C22H19F3N4O4. The molecule has 1 saturated heterocycles. The molecule has 2 heterocycles. The minimum atomic E-state index is -4.79. The zero-order valence-corrected chi connectivity index (χ0v) is 17.5. The van der Waals surface area contributed by atoms with E-state index in [-0.39, 0.29) is 17.4 Å². The Hall–Kier alpha value is -3.89. The molecule has 0 aliphatic carbocycles. The van der Waals surface area contributed by atoms with Gasteiger partial charge in [0, 0.05) is 49.8 Å². The molecule has 0 bridgehead atoms. The second-order valence-corrected chi connectivity index (χ2v) is 7.37. The number of carbonyl (C=O) groups is 2. The van der Waals surface area contributed by atoms with Gasteiger partial charge in [-0.3, -0.25) is 9.59 Å². The number of amides is 2. The highest BCUT2D eigenvalue weighted by Crippen LogP contribution is 2.23. The molecule has 33 heavy (non-hydrogen) atoms. The van der Waals surface area contributed by atoms with Gasteiger partial charge in [-0.25, -0.2) is 0 Å². The van der Waals surface area contributed by atoms with E-state index >= 15 is 0 Å². The lowest BCUT2D eigenvalue weighted by Gasteiger charge is -2.35. The van der Waals surface area contributed by atoms with Crippen molar-refractivity contribution in [2.24, 2.45) is 0 Å². The predicted octanol–water partition coefficient (Wildman–Crippen LogP) is 3.54. The number of benzene rings is 2. The third-order valence-corrected chi connectivity index (χ3v) is 5.11. The van der Waals surface area contributed by atoms with Gasteiger partial charge in [0.1, 0.15) is 5.75 Å². The first kappa shape index (κ1) is 22.3. The van der Waals surface area contributed by atoms with Crippen molar-refractivity contribution in [1.29, 1.82) is 0 Å². The molecule has 1 aliphatic rings. The van der Waals surface area contributed by atoms with Crippen molar-refractivity contribution in [3.63, 3.8) is 0 Å². The Morgan fingerprint density at radius 3 is 1.79 bits per heavy atom. The lowest BCUT2D eigenvalue weighted by atomic mass is 10.1. The number of nitrogens with zero attached hydrogens (tertiary/aromatic N) is 4. The normalized spacial score (nSPS) is 14.3. The third kappa shape index (κ3) is 5.30. The van der Waals surface area contributed by atoms with E-state index in [1.165, 1.54) is 12.1 Å². The van der Waals surface area contributed by atoms with Crippen molar-refractivity contribution in [3.05, 3.63) is 65.5 Å². The molecule has 0 radical (unpaired) electrons. The fraction of sp³-hybridized carbons (Fsp3) is 0.273. The minimum absolute atomic E-state index is 0.161. The van der Waals surface area contributed by atoms with Crippen LogP contribution in [0.2, 0.25) is 0 Å². The first-order valence-electron chi connectivity index (χ1n) is 10.0. The number of halogens is 3. The van der Waals surface area contributed by atoms with Crippen molar-refractivity contribution in [1.82, 2.24) is 19.9 Å². The lowest BCUT2D eigenvalue weighted by molar-refractivity contribution is -0.274. The van der Waals surface area contributed by atoms with Crippen molar-refractivity contribution in [3.8, 4) is 17.1 Å². The van der Waals surface area contributed by atoms with Crippen LogP contribution in [0.5, 0.6) is 5.75 Å². The van der Waals surface area contributed by atoms with Crippen LogP contribution in [0.1, 0.15) is 26.6 Å². The number of alkyl halides is 3. The number of piperazine rings is 1. The van der Waals surface area contributed by atoms with Crippen LogP contribution >= 0.6 is 0 Å². The molecule has 0 N–H and O–H groups in total. The fourth-order valence-corrected chi connectivity index (χ4v) is 3.46. The summed E-state index contributed by atoms with van der Waals surface area (Å²) < 4.78 is 45.6. The van der Waals surface area contributed by atoms with Crippen LogP contribution in [0, 0.1) is 6.92 Å². The summed E-state index contributed by atoms with van der Waals surface area (Å²) in [6.45, 7) is 2.99. The number of hydrogen-bond acceptors (Lipinski definition) is 6. The van der Waals surface area contributed by atoms with Crippen molar-refractivity contribution >= 4 is 11.8 Å². The van der Waals surface area contributed by atoms with E-state index in [0.717, 1.165) is 17.7 Å². The molecule has 1 aliphatic heterocycles. The highest BCUT2D eigenvalue weighted by atomic mass is 19.4. The molecule has 2 aromatic carbocycles. The minimum Gasteiger partial charge on any atom is -0.406 e. The van der Waals surface area contributed by atoms with Crippen molar-refractivity contribution in [2.45, 2.75) is 13.3 Å². The number of carbonyl (C=O) groups excluding carboxylic acids is 2. The van der Waals surface area contributed by atoms with Crippen molar-refractivity contribution < 1.29 is 32.0 Å². The summed E-state index contributed by atoms with van der Waals surface area (Å²) in [5, 5.41) is 3.84. The summed E-state index contributed by atoms with van der Waals surface area (Å²) in [5.41, 5.74) is 1.47. The van der Waals surface area contributed by atoms with Crippen LogP contribution in [-0.2, 0) is 0 Å². The predicted molar refractivity (Wildman–Crippen MR) is 109 cm³/mol. The average molecular weight is 460 g/mol. The van der Waals surface area contributed by atoms with Crippen LogP contribution in [0.4, 0.5) is 13.2 Å². The van der Waals surface area contributed by atoms with Gasteiger partial charge in [-0.2, -0.15) is 4.98 Å². The zero-order chi connectivity index (χ0) is 23.6. The van der Waals surface area contributed by atoms with E-state index in [9.17, 15) is 22.8 Å². The van der Waals surface area contributed by atoms with E-state index < -0.39 is 12.1 Å². The van der Waals surface area contributed by atoms with Gasteiger partial charge < -0.3 is 19.1 Å². The summed E-state index contributed by atoms with van der Waals surface area (Å²) in [5.74, 6) is 0.0155. The summed E-state index contributed by atoms with van der Waals surface area (Å²) in [6, 6.07) is 11.6. The SMILES string of the molecule is Cc1nc(-c2ccc(C(=O)N3CCN(C(=O)c4ccc(OC(F)(F)F)cc4)CC3)cc2)no1. The highest BCUT2D eigenvalue weighted by molar-refractivity contribution is 5.96. The van der Waals surface area contributed by atoms with Crippen LogP contribution in [0.3, 0.4) is 0 Å². The molecule has 0 spiro atoms. The van der Waals surface area contributed by atoms with Crippen LogP contribution in [0.15, 0.2) is 53.1 Å². The zero-order valence-electron chi connectivity index (χ0n) is 17.5. The molecule has 2 amide bonds. The Bertz CT molecular complexity index is 1140. The first-order chi connectivity index (χ1) is 15.7. The van der Waals surface area contributed by atoms with Gasteiger partial charge in [-0.1, -0.05) is 17.3 Å². The number of aryl methyl sites for hydroxylation is 1. The number of aromatic nitrogens is 2. The Morgan fingerprint density at radius 2 is 1.36 bits per heavy atom. The second-order valence-electron chi connectivity index (χ2n) is 7.37. The molecular weight excluding hydrogens is 441 g/mol. The quantitative estimate of drug-likeness (QED) is 0.592. The fourth-order valence-electron chi connectivity index (χ4n) is 3.46. The Labute approximate surface area is 186 Å². The molecule has 8 nitrogen and oxygen atoms in total. The second kappa shape index (κ2) is 8.93. The van der Waals surface area contributed by atoms with E-state index in [2.05, 4.69) is 14.9 Å². The molecule has 4 rings (SSSR count). The lowest BCUT2D eigenvalue weighted by Crippen LogP contribution is -2.50. The number of rotatable bonds is 4. The molecule has 0 atom stereocenters. The monoisotopic (exact) mass is 460 g/mol. The van der Waals surface area contributed by atoms with Gasteiger partial charge in [0.15, 0.2) is 0 Å². The largest absolute Gasteiger partial charge is 0.573 e. The van der Waals surface area contributed by atoms with E-state index in [4.69, 9.17) is 4.52 Å². The molecule has 0 unspecified atom stereocenters. The number of ether oxygens (including phenoxy) is 1. The molecule has 3 aromatic rings. The van der Waals surface area contributed by atoms with E-state index in [1.807, 2.05) is 0 Å². The Morgan fingerprint density at radius 1 is 0.879 bits per heavy atom. The smallest absolute Gasteiger partial charge is 0.406 e. The van der Waals surface area contributed by atoms with Gasteiger partial charge in [0.05, 0.1) is 0 Å². The first-order valence-corrected chi connectivity index (χ1v) is 10.0. The van der Waals surface area contributed by atoms with Gasteiger partial charge in [-0.05, 0) is 36.4 Å². The standard InChI is InChI=1S/C22H19F3N4O4/c1-14-26-19(27-33-14)15-2-4-16(5-3-15)20(30)28-10-12-29(13-11-28)21(31)17-6-8-18(9-7-17)32-22(23,24)25/h2-9H,10-13H2,1H3. The van der Waals surface area contributed by atoms with E-state index in [1.54, 1.807) is 41.0 Å². The highest BCUT2D eigenvalue weighted by Gasteiger charge is 2.31. The topological polar surface area (TPSA) is 88.8 Å². The summed E-state index contributed by atoms with van der Waals surface area (Å²) >= 11 is 0. The van der Waals surface area contributed by atoms with Gasteiger partial charge in [0.25, 0.3) is 11.8 Å². The molecule has 11 heteroatoms. The Kier molecular flexibility index (Phi) is 6.03. The van der Waals surface area contributed by atoms with Gasteiger partial charge in [-0.15, -0.1) is 13.2 Å². The Balaban J connectivity index is 1.33. The molecule has 1 fully saturated rings. The maximum absolute atomic E-state index is 12.8. The molecule has 172 valence electrons. The van der Waals surface area contributed by atoms with Crippen molar-refractivity contribution in [2.75, 3.05) is 26.2 Å². The molecule has 0 saturated carbocycles. The van der Waals surface area contributed by atoms with Crippen LogP contribution in [0.25, 0.3) is 11.4 Å². The number of hydrogen-bond donors (Lipinski definition) is 0. The van der Waals surface area contributed by atoms with Crippen LogP contribution < -0.4 is 4.74 Å². The maximum atomic E-state index is 12.8. The average Bonchev–Trinajstić information content (AvgIpc) is 3.24. The van der Waals surface area contributed by atoms with E-state index in [0.29, 0.717) is 43.5 Å². The summed E-state index contributed by atoms with van der Waals surface area (Å²) in [6.07, 6.45) is -4.79. The molecule has 1 aromatic heterocycles. The third-order valence-electron chi connectivity index (χ3n) is 5.11. The van der Waals surface area contributed by atoms with Gasteiger partial charge in [0.2, 0.25) is 11.7 Å². The summed E-state index contributed by atoms with van der Waals surface area (Å²) in [4.78, 5) is 32.8.